The number of aliphatic imine (C=N–C) groups is 1. The van der Waals surface area contributed by atoms with Gasteiger partial charge in [-0.1, -0.05) is 29.8 Å². The minimum Gasteiger partial charge on any atom is -0.459 e. The molecule has 0 saturated carbocycles. The lowest BCUT2D eigenvalue weighted by Crippen LogP contribution is -2.44. The SMILES string of the molecule is CCNC(=NCc1cc2ccccc2o1)NC1CCN(c2ncccc2Cl)C1. The van der Waals surface area contributed by atoms with Crippen LogP contribution in [0.5, 0.6) is 0 Å². The zero-order chi connectivity index (χ0) is 19.3. The van der Waals surface area contributed by atoms with Gasteiger partial charge in [0, 0.05) is 37.3 Å². The van der Waals surface area contributed by atoms with Crippen molar-refractivity contribution in [2.45, 2.75) is 25.9 Å². The van der Waals surface area contributed by atoms with Crippen molar-refractivity contribution in [2.24, 2.45) is 4.99 Å². The van der Waals surface area contributed by atoms with Crippen LogP contribution in [0.2, 0.25) is 5.02 Å². The zero-order valence-corrected chi connectivity index (χ0v) is 16.6. The highest BCUT2D eigenvalue weighted by atomic mass is 35.5. The molecule has 6 nitrogen and oxygen atoms in total. The van der Waals surface area contributed by atoms with Gasteiger partial charge in [0.1, 0.15) is 23.7 Å². The lowest BCUT2D eigenvalue weighted by Gasteiger charge is -2.20. The van der Waals surface area contributed by atoms with E-state index in [-0.39, 0.29) is 6.04 Å². The second-order valence-corrected chi connectivity index (χ2v) is 7.24. The number of pyridine rings is 1. The number of hydrogen-bond acceptors (Lipinski definition) is 4. The molecule has 1 atom stereocenters. The van der Waals surface area contributed by atoms with Crippen molar-refractivity contribution in [1.29, 1.82) is 0 Å². The Balaban J connectivity index is 1.40. The van der Waals surface area contributed by atoms with Crippen LogP contribution in [-0.2, 0) is 6.54 Å². The van der Waals surface area contributed by atoms with Crippen LogP contribution < -0.4 is 15.5 Å². The average molecular weight is 398 g/mol. The van der Waals surface area contributed by atoms with Crippen molar-refractivity contribution in [3.63, 3.8) is 0 Å². The first-order valence-electron chi connectivity index (χ1n) is 9.60. The molecule has 2 N–H and O–H groups in total. The Morgan fingerprint density at radius 3 is 3.04 bits per heavy atom. The van der Waals surface area contributed by atoms with Crippen molar-refractivity contribution >= 4 is 34.3 Å². The maximum absolute atomic E-state index is 6.29. The minimum absolute atomic E-state index is 0.284. The topological polar surface area (TPSA) is 65.7 Å². The number of halogens is 1. The highest BCUT2D eigenvalue weighted by Gasteiger charge is 2.25. The number of anilines is 1. The number of aromatic nitrogens is 1. The van der Waals surface area contributed by atoms with E-state index in [1.165, 1.54) is 0 Å². The highest BCUT2D eigenvalue weighted by Crippen LogP contribution is 2.25. The van der Waals surface area contributed by atoms with Gasteiger partial charge in [-0.05, 0) is 37.6 Å². The first kappa shape index (κ1) is 18.6. The van der Waals surface area contributed by atoms with E-state index in [0.717, 1.165) is 54.6 Å². The number of hydrogen-bond donors (Lipinski definition) is 2. The van der Waals surface area contributed by atoms with Crippen LogP contribution in [-0.4, -0.2) is 36.6 Å². The van der Waals surface area contributed by atoms with E-state index in [2.05, 4.69) is 27.4 Å². The summed E-state index contributed by atoms with van der Waals surface area (Å²) in [5.41, 5.74) is 0.893. The maximum atomic E-state index is 6.29. The van der Waals surface area contributed by atoms with Gasteiger partial charge >= 0.3 is 0 Å². The highest BCUT2D eigenvalue weighted by molar-refractivity contribution is 6.32. The summed E-state index contributed by atoms with van der Waals surface area (Å²) in [5.74, 6) is 2.49. The van der Waals surface area contributed by atoms with Gasteiger partial charge in [-0.15, -0.1) is 0 Å². The van der Waals surface area contributed by atoms with E-state index in [1.807, 2.05) is 42.5 Å². The fourth-order valence-corrected chi connectivity index (χ4v) is 3.71. The molecule has 28 heavy (non-hydrogen) atoms. The van der Waals surface area contributed by atoms with E-state index < -0.39 is 0 Å². The quantitative estimate of drug-likeness (QED) is 0.506. The summed E-state index contributed by atoms with van der Waals surface area (Å²) in [6.07, 6.45) is 2.78. The van der Waals surface area contributed by atoms with Crippen LogP contribution in [0.1, 0.15) is 19.1 Å². The lowest BCUT2D eigenvalue weighted by molar-refractivity contribution is 0.550. The summed E-state index contributed by atoms with van der Waals surface area (Å²) in [6.45, 7) is 5.11. The Hall–Kier alpha value is -2.73. The van der Waals surface area contributed by atoms with E-state index >= 15 is 0 Å². The first-order valence-corrected chi connectivity index (χ1v) is 9.98. The molecule has 1 fully saturated rings. The molecule has 0 radical (unpaired) electrons. The minimum atomic E-state index is 0.284. The molecule has 1 saturated heterocycles. The molecule has 3 heterocycles. The molecule has 7 heteroatoms. The molecule has 0 amide bonds. The largest absolute Gasteiger partial charge is 0.459 e. The molecular weight excluding hydrogens is 374 g/mol. The molecule has 3 aromatic rings. The average Bonchev–Trinajstić information content (AvgIpc) is 3.33. The van der Waals surface area contributed by atoms with Gasteiger partial charge in [0.05, 0.1) is 5.02 Å². The van der Waals surface area contributed by atoms with Crippen LogP contribution in [0.4, 0.5) is 5.82 Å². The van der Waals surface area contributed by atoms with E-state index in [0.29, 0.717) is 11.6 Å². The molecule has 1 aliphatic rings. The van der Waals surface area contributed by atoms with Gasteiger partial charge in [0.15, 0.2) is 5.96 Å². The van der Waals surface area contributed by atoms with Crippen LogP contribution in [0, 0.1) is 0 Å². The number of fused-ring (bicyclic) bond motifs is 1. The number of furan rings is 1. The van der Waals surface area contributed by atoms with Gasteiger partial charge < -0.3 is 20.0 Å². The van der Waals surface area contributed by atoms with Crippen molar-refractivity contribution in [3.8, 4) is 0 Å². The first-order chi connectivity index (χ1) is 13.7. The number of rotatable bonds is 5. The number of nitrogens with zero attached hydrogens (tertiary/aromatic N) is 3. The second-order valence-electron chi connectivity index (χ2n) is 6.83. The maximum Gasteiger partial charge on any atom is 0.191 e. The van der Waals surface area contributed by atoms with Crippen LogP contribution in [0.25, 0.3) is 11.0 Å². The monoisotopic (exact) mass is 397 g/mol. The Kier molecular flexibility index (Phi) is 5.67. The number of para-hydroxylation sites is 1. The summed E-state index contributed by atoms with van der Waals surface area (Å²) in [7, 11) is 0. The van der Waals surface area contributed by atoms with E-state index in [4.69, 9.17) is 21.0 Å². The molecular formula is C21H24ClN5O. The van der Waals surface area contributed by atoms with E-state index in [1.54, 1.807) is 6.20 Å². The van der Waals surface area contributed by atoms with Crippen molar-refractivity contribution in [1.82, 2.24) is 15.6 Å². The molecule has 1 unspecified atom stereocenters. The summed E-state index contributed by atoms with van der Waals surface area (Å²) < 4.78 is 5.86. The number of guanidine groups is 1. The third-order valence-corrected chi connectivity index (χ3v) is 5.08. The van der Waals surface area contributed by atoms with Crippen LogP contribution >= 0.6 is 11.6 Å². The van der Waals surface area contributed by atoms with Gasteiger partial charge in [-0.25, -0.2) is 9.98 Å². The number of nitrogens with one attached hydrogen (secondary N) is 2. The van der Waals surface area contributed by atoms with Gasteiger partial charge in [0.25, 0.3) is 0 Å². The van der Waals surface area contributed by atoms with Crippen molar-refractivity contribution < 1.29 is 4.42 Å². The third kappa shape index (κ3) is 4.22. The molecule has 0 aliphatic carbocycles. The predicted molar refractivity (Wildman–Crippen MR) is 114 cm³/mol. The van der Waals surface area contributed by atoms with Gasteiger partial charge in [0.2, 0.25) is 0 Å². The fraction of sp³-hybridized carbons (Fsp3) is 0.333. The Morgan fingerprint density at radius 1 is 1.32 bits per heavy atom. The van der Waals surface area contributed by atoms with E-state index in [9.17, 15) is 0 Å². The summed E-state index contributed by atoms with van der Waals surface area (Å²) in [4.78, 5) is 11.3. The Labute approximate surface area is 169 Å². The lowest BCUT2D eigenvalue weighted by atomic mass is 10.2. The Morgan fingerprint density at radius 2 is 2.21 bits per heavy atom. The zero-order valence-electron chi connectivity index (χ0n) is 15.9. The standard InChI is InChI=1S/C21H24ClN5O/c1-2-23-21(25-13-17-12-15-6-3-4-8-19(15)28-17)26-16-9-11-27(14-16)20-18(22)7-5-10-24-20/h3-8,10,12,16H,2,9,11,13-14H2,1H3,(H2,23,25,26). The summed E-state index contributed by atoms with van der Waals surface area (Å²) in [6, 6.07) is 14.1. The molecule has 0 bridgehead atoms. The number of benzene rings is 1. The van der Waals surface area contributed by atoms with Gasteiger partial charge in [-0.2, -0.15) is 0 Å². The molecule has 1 aromatic carbocycles. The molecule has 146 valence electrons. The molecule has 0 spiro atoms. The predicted octanol–water partition coefficient (Wildman–Crippen LogP) is 3.82. The van der Waals surface area contributed by atoms with Crippen molar-refractivity contribution in [3.05, 3.63) is 59.4 Å². The van der Waals surface area contributed by atoms with Gasteiger partial charge in [-0.3, -0.25) is 0 Å². The van der Waals surface area contributed by atoms with Crippen LogP contribution in [0.15, 0.2) is 58.1 Å². The Bertz CT molecular complexity index is 937. The molecule has 1 aliphatic heterocycles. The van der Waals surface area contributed by atoms with Crippen LogP contribution in [0.3, 0.4) is 0 Å². The summed E-state index contributed by atoms with van der Waals surface area (Å²) in [5, 5.41) is 8.63. The smallest absolute Gasteiger partial charge is 0.191 e. The van der Waals surface area contributed by atoms with Crippen molar-refractivity contribution in [2.75, 3.05) is 24.5 Å². The molecule has 4 rings (SSSR count). The fourth-order valence-electron chi connectivity index (χ4n) is 3.47. The normalized spacial score (nSPS) is 17.3. The molecule has 2 aromatic heterocycles. The third-order valence-electron chi connectivity index (χ3n) is 4.78. The summed E-state index contributed by atoms with van der Waals surface area (Å²) >= 11 is 6.29. The second kappa shape index (κ2) is 8.52.